The normalized spacial score (nSPS) is 21.0. The Labute approximate surface area is 144 Å². The molecule has 2 aromatic carbocycles. The molecule has 3 rings (SSSR count). The molecular formula is C19H24N2O2S. The van der Waals surface area contributed by atoms with E-state index in [0.717, 1.165) is 18.5 Å². The second kappa shape index (κ2) is 7.47. The monoisotopic (exact) mass is 344 g/mol. The minimum absolute atomic E-state index is 0.167. The van der Waals surface area contributed by atoms with Crippen LogP contribution in [0.2, 0.25) is 0 Å². The summed E-state index contributed by atoms with van der Waals surface area (Å²) in [6.07, 6.45) is 4.53. The first kappa shape index (κ1) is 17.1. The van der Waals surface area contributed by atoms with Gasteiger partial charge in [-0.05, 0) is 61.4 Å². The summed E-state index contributed by atoms with van der Waals surface area (Å²) in [5.74, 6) is 0.665. The average molecular weight is 344 g/mol. The van der Waals surface area contributed by atoms with Gasteiger partial charge in [-0.1, -0.05) is 42.5 Å². The van der Waals surface area contributed by atoms with Crippen molar-refractivity contribution in [3.8, 4) is 0 Å². The predicted octanol–water partition coefficient (Wildman–Crippen LogP) is 2.80. The van der Waals surface area contributed by atoms with Crippen molar-refractivity contribution in [1.29, 1.82) is 0 Å². The van der Waals surface area contributed by atoms with Crippen LogP contribution in [0.15, 0.2) is 59.5 Å². The van der Waals surface area contributed by atoms with Crippen molar-refractivity contribution in [3.63, 3.8) is 0 Å². The molecule has 2 atom stereocenters. The third-order valence-corrected chi connectivity index (χ3v) is 5.73. The molecule has 0 spiro atoms. The van der Waals surface area contributed by atoms with Crippen molar-refractivity contribution >= 4 is 10.0 Å². The van der Waals surface area contributed by atoms with Gasteiger partial charge in [0, 0.05) is 6.04 Å². The lowest BCUT2D eigenvalue weighted by Gasteiger charge is -2.14. The maximum absolute atomic E-state index is 11.2. The van der Waals surface area contributed by atoms with Gasteiger partial charge in [0.05, 0.1) is 4.90 Å². The Balaban J connectivity index is 1.46. The maximum atomic E-state index is 11.2. The van der Waals surface area contributed by atoms with Crippen LogP contribution in [-0.4, -0.2) is 21.0 Å². The summed E-state index contributed by atoms with van der Waals surface area (Å²) in [7, 11) is -3.60. The topological polar surface area (TPSA) is 72.2 Å². The molecule has 1 aliphatic rings. The van der Waals surface area contributed by atoms with Crippen LogP contribution in [0, 0.1) is 0 Å². The Bertz CT molecular complexity index is 758. The maximum Gasteiger partial charge on any atom is 0.238 e. The van der Waals surface area contributed by atoms with Crippen LogP contribution in [0.25, 0.3) is 0 Å². The number of nitrogens with two attached hydrogens (primary N) is 1. The van der Waals surface area contributed by atoms with E-state index in [1.165, 1.54) is 24.8 Å². The summed E-state index contributed by atoms with van der Waals surface area (Å²) in [5, 5.41) is 8.74. The molecule has 3 N–H and O–H groups in total. The first-order chi connectivity index (χ1) is 11.5. The van der Waals surface area contributed by atoms with Gasteiger partial charge >= 0.3 is 0 Å². The summed E-state index contributed by atoms with van der Waals surface area (Å²) in [4.78, 5) is 0.167. The Kier molecular flexibility index (Phi) is 5.33. The number of sulfonamides is 1. The smallest absolute Gasteiger partial charge is 0.238 e. The number of benzene rings is 2. The molecule has 2 aromatic rings. The molecule has 1 aliphatic carbocycles. The van der Waals surface area contributed by atoms with E-state index in [-0.39, 0.29) is 4.90 Å². The fourth-order valence-electron chi connectivity index (χ4n) is 3.46. The average Bonchev–Trinajstić information content (AvgIpc) is 3.04. The van der Waals surface area contributed by atoms with Crippen LogP contribution in [0.4, 0.5) is 0 Å². The largest absolute Gasteiger partial charge is 0.314 e. The number of primary sulfonamides is 1. The standard InChI is InChI=1S/C19H24N2O2S/c20-24(22,23)19-10-6-15(7-11-19)12-13-21-18-9-8-17(14-18)16-4-2-1-3-5-16/h1-7,10-11,17-18,21H,8-9,12-14H2,(H2,20,22,23)/t17-,18-/m0/s1. The van der Waals surface area contributed by atoms with E-state index < -0.39 is 10.0 Å². The molecule has 0 bridgehead atoms. The highest BCUT2D eigenvalue weighted by atomic mass is 32.2. The van der Waals surface area contributed by atoms with Gasteiger partial charge in [-0.2, -0.15) is 0 Å². The van der Waals surface area contributed by atoms with Crippen molar-refractivity contribution in [2.24, 2.45) is 5.14 Å². The number of hydrogen-bond acceptors (Lipinski definition) is 3. The number of nitrogens with one attached hydrogen (secondary N) is 1. The fraction of sp³-hybridized carbons (Fsp3) is 0.368. The molecule has 0 aromatic heterocycles. The van der Waals surface area contributed by atoms with Crippen molar-refractivity contribution in [1.82, 2.24) is 5.32 Å². The molecule has 128 valence electrons. The van der Waals surface area contributed by atoms with Crippen LogP contribution < -0.4 is 10.5 Å². The molecule has 0 saturated heterocycles. The summed E-state index contributed by atoms with van der Waals surface area (Å²) in [6, 6.07) is 18.1. The molecule has 4 nitrogen and oxygen atoms in total. The van der Waals surface area contributed by atoms with Gasteiger partial charge in [0.2, 0.25) is 10.0 Å². The molecule has 0 aliphatic heterocycles. The highest BCUT2D eigenvalue weighted by molar-refractivity contribution is 7.89. The third-order valence-electron chi connectivity index (χ3n) is 4.80. The lowest BCUT2D eigenvalue weighted by Crippen LogP contribution is -2.28. The number of hydrogen-bond donors (Lipinski definition) is 2. The van der Waals surface area contributed by atoms with Crippen LogP contribution in [0.3, 0.4) is 0 Å². The molecule has 5 heteroatoms. The highest BCUT2D eigenvalue weighted by Gasteiger charge is 2.25. The molecule has 0 unspecified atom stereocenters. The first-order valence-electron chi connectivity index (χ1n) is 8.42. The molecule has 1 fully saturated rings. The Morgan fingerprint density at radius 2 is 1.71 bits per heavy atom. The molecular weight excluding hydrogens is 320 g/mol. The Morgan fingerprint density at radius 3 is 2.38 bits per heavy atom. The molecule has 24 heavy (non-hydrogen) atoms. The summed E-state index contributed by atoms with van der Waals surface area (Å²) in [5.41, 5.74) is 2.56. The SMILES string of the molecule is NS(=O)(=O)c1ccc(CCN[C@H]2CC[C@H](c3ccccc3)C2)cc1. The highest BCUT2D eigenvalue weighted by Crippen LogP contribution is 2.34. The summed E-state index contributed by atoms with van der Waals surface area (Å²) >= 11 is 0. The van der Waals surface area contributed by atoms with E-state index in [1.807, 2.05) is 12.1 Å². The van der Waals surface area contributed by atoms with Crippen LogP contribution in [-0.2, 0) is 16.4 Å². The zero-order valence-corrected chi connectivity index (χ0v) is 14.5. The Hall–Kier alpha value is -1.69. The summed E-state index contributed by atoms with van der Waals surface area (Å²) in [6.45, 7) is 0.904. The Morgan fingerprint density at radius 1 is 1.00 bits per heavy atom. The van der Waals surface area contributed by atoms with E-state index in [0.29, 0.717) is 12.0 Å². The summed E-state index contributed by atoms with van der Waals surface area (Å²) < 4.78 is 22.5. The molecule has 0 radical (unpaired) electrons. The van der Waals surface area contributed by atoms with Crippen molar-refractivity contribution in [2.45, 2.75) is 42.5 Å². The van der Waals surface area contributed by atoms with Gasteiger partial charge in [-0.25, -0.2) is 13.6 Å². The van der Waals surface area contributed by atoms with E-state index in [1.54, 1.807) is 12.1 Å². The quantitative estimate of drug-likeness (QED) is 0.846. The van der Waals surface area contributed by atoms with Crippen molar-refractivity contribution < 1.29 is 8.42 Å². The minimum atomic E-state index is -3.60. The zero-order chi connectivity index (χ0) is 17.0. The van der Waals surface area contributed by atoms with Crippen LogP contribution >= 0.6 is 0 Å². The van der Waals surface area contributed by atoms with Gasteiger partial charge in [0.15, 0.2) is 0 Å². The van der Waals surface area contributed by atoms with Crippen molar-refractivity contribution in [2.75, 3.05) is 6.54 Å². The molecule has 0 heterocycles. The van der Waals surface area contributed by atoms with Gasteiger partial charge in [0.25, 0.3) is 0 Å². The van der Waals surface area contributed by atoms with Crippen LogP contribution in [0.1, 0.15) is 36.3 Å². The van der Waals surface area contributed by atoms with E-state index in [2.05, 4.69) is 35.6 Å². The second-order valence-electron chi connectivity index (χ2n) is 6.51. The first-order valence-corrected chi connectivity index (χ1v) is 9.97. The lowest BCUT2D eigenvalue weighted by atomic mass is 9.98. The third kappa shape index (κ3) is 4.44. The van der Waals surface area contributed by atoms with Crippen LogP contribution in [0.5, 0.6) is 0 Å². The van der Waals surface area contributed by atoms with E-state index >= 15 is 0 Å². The second-order valence-corrected chi connectivity index (χ2v) is 8.07. The van der Waals surface area contributed by atoms with Gasteiger partial charge in [-0.15, -0.1) is 0 Å². The lowest BCUT2D eigenvalue weighted by molar-refractivity contribution is 0.521. The van der Waals surface area contributed by atoms with E-state index in [4.69, 9.17) is 5.14 Å². The number of rotatable bonds is 6. The molecule has 1 saturated carbocycles. The minimum Gasteiger partial charge on any atom is -0.314 e. The molecule has 0 amide bonds. The van der Waals surface area contributed by atoms with Gasteiger partial charge < -0.3 is 5.32 Å². The van der Waals surface area contributed by atoms with Gasteiger partial charge in [-0.3, -0.25) is 0 Å². The van der Waals surface area contributed by atoms with E-state index in [9.17, 15) is 8.42 Å². The zero-order valence-electron chi connectivity index (χ0n) is 13.7. The van der Waals surface area contributed by atoms with Gasteiger partial charge in [0.1, 0.15) is 0 Å². The predicted molar refractivity (Wildman–Crippen MR) is 96.3 cm³/mol. The fourth-order valence-corrected chi connectivity index (χ4v) is 3.98. The van der Waals surface area contributed by atoms with Crippen molar-refractivity contribution in [3.05, 3.63) is 65.7 Å².